The van der Waals surface area contributed by atoms with Crippen LogP contribution in [0.15, 0.2) is 42.5 Å². The van der Waals surface area contributed by atoms with Crippen molar-refractivity contribution in [3.05, 3.63) is 63.6 Å². The van der Waals surface area contributed by atoms with Crippen molar-refractivity contribution < 1.29 is 14.6 Å². The molecule has 108 valence electrons. The highest BCUT2D eigenvalue weighted by Gasteiger charge is 2.15. The summed E-state index contributed by atoms with van der Waals surface area (Å²) in [5.41, 5.74) is 1.26. The van der Waals surface area contributed by atoms with Crippen LogP contribution in [0.2, 0.25) is 10.0 Å². The minimum atomic E-state index is -1.05. The van der Waals surface area contributed by atoms with Crippen LogP contribution in [-0.2, 0) is 4.79 Å². The molecule has 0 radical (unpaired) electrons. The largest absolute Gasteiger partial charge is 0.496 e. The van der Waals surface area contributed by atoms with E-state index in [2.05, 4.69) is 0 Å². The van der Waals surface area contributed by atoms with Gasteiger partial charge in [0, 0.05) is 5.56 Å². The smallest absolute Gasteiger partial charge is 0.336 e. The highest BCUT2D eigenvalue weighted by molar-refractivity contribution is 6.42. The number of methoxy groups -OCH3 is 1. The van der Waals surface area contributed by atoms with E-state index in [-0.39, 0.29) is 5.57 Å². The Bertz CT molecular complexity index is 708. The van der Waals surface area contributed by atoms with Gasteiger partial charge in [-0.2, -0.15) is 0 Å². The molecule has 2 rings (SSSR count). The van der Waals surface area contributed by atoms with Gasteiger partial charge < -0.3 is 9.84 Å². The standard InChI is InChI=1S/C16H12Cl2O3/c1-21-15-5-3-2-4-11(15)12(16(19)20)8-10-6-7-13(17)14(18)9-10/h2-9H,1H3,(H,19,20)/b12-8-. The SMILES string of the molecule is COc1ccccc1/C(=C/c1ccc(Cl)c(Cl)c1)C(=O)O. The summed E-state index contributed by atoms with van der Waals surface area (Å²) in [6, 6.07) is 11.9. The summed E-state index contributed by atoms with van der Waals surface area (Å²) in [6.45, 7) is 0. The highest BCUT2D eigenvalue weighted by atomic mass is 35.5. The van der Waals surface area contributed by atoms with Crippen LogP contribution in [0.5, 0.6) is 5.75 Å². The zero-order valence-electron chi connectivity index (χ0n) is 11.1. The van der Waals surface area contributed by atoms with Crippen LogP contribution in [0.3, 0.4) is 0 Å². The Labute approximate surface area is 132 Å². The highest BCUT2D eigenvalue weighted by Crippen LogP contribution is 2.29. The van der Waals surface area contributed by atoms with E-state index in [1.54, 1.807) is 42.5 Å². The second-order valence-corrected chi connectivity index (χ2v) is 5.05. The molecule has 0 saturated carbocycles. The molecule has 0 aliphatic carbocycles. The van der Waals surface area contributed by atoms with E-state index in [1.807, 2.05) is 0 Å². The Morgan fingerprint density at radius 3 is 2.48 bits per heavy atom. The number of hydrogen-bond acceptors (Lipinski definition) is 2. The average molecular weight is 323 g/mol. The van der Waals surface area contributed by atoms with Gasteiger partial charge in [0.1, 0.15) is 5.75 Å². The molecule has 0 atom stereocenters. The second-order valence-electron chi connectivity index (χ2n) is 4.24. The fourth-order valence-electron chi connectivity index (χ4n) is 1.89. The Morgan fingerprint density at radius 2 is 1.86 bits per heavy atom. The number of carboxylic acids is 1. The van der Waals surface area contributed by atoms with Gasteiger partial charge in [-0.15, -0.1) is 0 Å². The zero-order chi connectivity index (χ0) is 15.4. The van der Waals surface area contributed by atoms with Gasteiger partial charge in [0.25, 0.3) is 0 Å². The minimum Gasteiger partial charge on any atom is -0.496 e. The maximum absolute atomic E-state index is 11.5. The lowest BCUT2D eigenvalue weighted by molar-refractivity contribution is -0.130. The van der Waals surface area contributed by atoms with E-state index in [0.717, 1.165) is 0 Å². The summed E-state index contributed by atoms with van der Waals surface area (Å²) in [5.74, 6) is -0.559. The first-order valence-corrected chi connectivity index (χ1v) is 6.82. The number of benzene rings is 2. The van der Waals surface area contributed by atoms with Crippen molar-refractivity contribution >= 4 is 40.8 Å². The van der Waals surface area contributed by atoms with Crippen LogP contribution < -0.4 is 4.74 Å². The molecule has 0 aromatic heterocycles. The topological polar surface area (TPSA) is 46.5 Å². The van der Waals surface area contributed by atoms with Gasteiger partial charge in [0.05, 0.1) is 22.7 Å². The van der Waals surface area contributed by atoms with Gasteiger partial charge in [-0.05, 0) is 29.8 Å². The molecular weight excluding hydrogens is 311 g/mol. The molecular formula is C16H12Cl2O3. The number of carboxylic acid groups (broad SMARTS) is 1. The molecule has 21 heavy (non-hydrogen) atoms. The normalized spacial score (nSPS) is 11.3. The molecule has 0 aliphatic heterocycles. The summed E-state index contributed by atoms with van der Waals surface area (Å²) in [4.78, 5) is 11.5. The molecule has 2 aromatic rings. The number of aliphatic carboxylic acids is 1. The quantitative estimate of drug-likeness (QED) is 0.659. The van der Waals surface area contributed by atoms with E-state index in [4.69, 9.17) is 27.9 Å². The van der Waals surface area contributed by atoms with Gasteiger partial charge in [-0.3, -0.25) is 0 Å². The van der Waals surface area contributed by atoms with Crippen LogP contribution >= 0.6 is 23.2 Å². The Balaban J connectivity index is 2.55. The van der Waals surface area contributed by atoms with Crippen molar-refractivity contribution in [1.82, 2.24) is 0 Å². The first-order valence-electron chi connectivity index (χ1n) is 6.06. The van der Waals surface area contributed by atoms with Crippen molar-refractivity contribution in [3.8, 4) is 5.75 Å². The predicted octanol–water partition coefficient (Wildman–Crippen LogP) is 4.63. The summed E-state index contributed by atoms with van der Waals surface area (Å²) in [6.07, 6.45) is 1.53. The Hall–Kier alpha value is -1.97. The molecule has 0 saturated heterocycles. The zero-order valence-corrected chi connectivity index (χ0v) is 12.7. The van der Waals surface area contributed by atoms with Crippen LogP contribution in [0, 0.1) is 0 Å². The first-order chi connectivity index (χ1) is 10.0. The Morgan fingerprint density at radius 1 is 1.14 bits per heavy atom. The maximum atomic E-state index is 11.5. The van der Waals surface area contributed by atoms with Gasteiger partial charge in [0.2, 0.25) is 0 Å². The molecule has 3 nitrogen and oxygen atoms in total. The van der Waals surface area contributed by atoms with E-state index in [0.29, 0.717) is 26.9 Å². The molecule has 0 heterocycles. The summed E-state index contributed by atoms with van der Waals surface area (Å²) in [5, 5.41) is 10.2. The molecule has 0 spiro atoms. The van der Waals surface area contributed by atoms with Crippen LogP contribution in [0.25, 0.3) is 11.6 Å². The molecule has 0 fully saturated rings. The number of ether oxygens (including phenoxy) is 1. The lowest BCUT2D eigenvalue weighted by atomic mass is 10.0. The van der Waals surface area contributed by atoms with Crippen LogP contribution in [-0.4, -0.2) is 18.2 Å². The molecule has 0 aliphatic rings. The number of para-hydroxylation sites is 1. The Kier molecular flexibility index (Phi) is 4.89. The third kappa shape index (κ3) is 3.57. The number of halogens is 2. The molecule has 2 aromatic carbocycles. The third-order valence-corrected chi connectivity index (χ3v) is 3.62. The second kappa shape index (κ2) is 6.66. The van der Waals surface area contributed by atoms with Gasteiger partial charge in [-0.1, -0.05) is 47.5 Å². The third-order valence-electron chi connectivity index (χ3n) is 2.88. The molecule has 0 bridgehead atoms. The summed E-state index contributed by atoms with van der Waals surface area (Å²) < 4.78 is 5.21. The van der Waals surface area contributed by atoms with Crippen molar-refractivity contribution in [2.24, 2.45) is 0 Å². The molecule has 1 N–H and O–H groups in total. The number of carbonyl (C=O) groups is 1. The van der Waals surface area contributed by atoms with Crippen LogP contribution in [0.4, 0.5) is 0 Å². The fraction of sp³-hybridized carbons (Fsp3) is 0.0625. The first kappa shape index (κ1) is 15.4. The number of hydrogen-bond donors (Lipinski definition) is 1. The predicted molar refractivity (Wildman–Crippen MR) is 85.0 cm³/mol. The average Bonchev–Trinajstić information content (AvgIpc) is 2.48. The lowest BCUT2D eigenvalue weighted by Gasteiger charge is -2.09. The maximum Gasteiger partial charge on any atom is 0.336 e. The van der Waals surface area contributed by atoms with E-state index in [1.165, 1.54) is 13.2 Å². The van der Waals surface area contributed by atoms with E-state index < -0.39 is 5.97 Å². The van der Waals surface area contributed by atoms with Gasteiger partial charge in [-0.25, -0.2) is 4.79 Å². The van der Waals surface area contributed by atoms with E-state index >= 15 is 0 Å². The van der Waals surface area contributed by atoms with E-state index in [9.17, 15) is 9.90 Å². The van der Waals surface area contributed by atoms with Gasteiger partial charge >= 0.3 is 5.97 Å². The monoisotopic (exact) mass is 322 g/mol. The molecule has 0 unspecified atom stereocenters. The van der Waals surface area contributed by atoms with Crippen molar-refractivity contribution in [1.29, 1.82) is 0 Å². The number of rotatable bonds is 4. The lowest BCUT2D eigenvalue weighted by Crippen LogP contribution is -2.01. The van der Waals surface area contributed by atoms with Crippen LogP contribution in [0.1, 0.15) is 11.1 Å². The molecule has 5 heteroatoms. The molecule has 0 amide bonds. The summed E-state index contributed by atoms with van der Waals surface area (Å²) >= 11 is 11.8. The summed E-state index contributed by atoms with van der Waals surface area (Å²) in [7, 11) is 1.50. The van der Waals surface area contributed by atoms with Crippen molar-refractivity contribution in [3.63, 3.8) is 0 Å². The minimum absolute atomic E-state index is 0.117. The van der Waals surface area contributed by atoms with Crippen molar-refractivity contribution in [2.75, 3.05) is 7.11 Å². The fourth-order valence-corrected chi connectivity index (χ4v) is 2.20. The van der Waals surface area contributed by atoms with Crippen molar-refractivity contribution in [2.45, 2.75) is 0 Å². The van der Waals surface area contributed by atoms with Gasteiger partial charge in [0.15, 0.2) is 0 Å².